The summed E-state index contributed by atoms with van der Waals surface area (Å²) < 4.78 is 0. The van der Waals surface area contributed by atoms with Crippen molar-refractivity contribution in [2.75, 3.05) is 5.32 Å². The van der Waals surface area contributed by atoms with Crippen molar-refractivity contribution < 1.29 is 4.79 Å². The number of halogens is 1. The maximum Gasteiger partial charge on any atom is 0.252 e. The number of thioether (sulfide) groups is 1. The average molecular weight is 386 g/mol. The second-order valence-corrected chi connectivity index (χ2v) is 7.33. The summed E-state index contributed by atoms with van der Waals surface area (Å²) >= 11 is 7.11. The second-order valence-electron chi connectivity index (χ2n) is 5.56. The predicted molar refractivity (Wildman–Crippen MR) is 106 cm³/mol. The van der Waals surface area contributed by atoms with E-state index in [4.69, 9.17) is 11.6 Å². The maximum absolute atomic E-state index is 12.4. The van der Waals surface area contributed by atoms with Gasteiger partial charge in [-0.15, -0.1) is 0 Å². The van der Waals surface area contributed by atoms with Gasteiger partial charge in [-0.3, -0.25) is 9.59 Å². The number of H-pyrrole nitrogens is 1. The minimum absolute atomic E-state index is 0.204. The van der Waals surface area contributed by atoms with E-state index >= 15 is 0 Å². The third-order valence-corrected chi connectivity index (χ3v) is 4.76. The van der Waals surface area contributed by atoms with Crippen LogP contribution >= 0.6 is 23.4 Å². The molecule has 0 bridgehead atoms. The molecule has 0 saturated carbocycles. The van der Waals surface area contributed by atoms with Crippen molar-refractivity contribution in [1.29, 1.82) is 0 Å². The third kappa shape index (κ3) is 4.74. The van der Waals surface area contributed by atoms with Crippen LogP contribution in [0.5, 0.6) is 0 Å². The summed E-state index contributed by atoms with van der Waals surface area (Å²) in [4.78, 5) is 31.4. The highest BCUT2D eigenvalue weighted by Gasteiger charge is 2.17. The van der Waals surface area contributed by atoms with Crippen molar-refractivity contribution in [3.8, 4) is 11.3 Å². The lowest BCUT2D eigenvalue weighted by Crippen LogP contribution is -2.23. The first-order valence-corrected chi connectivity index (χ1v) is 9.17. The Hall–Kier alpha value is -2.57. The molecule has 2 N–H and O–H groups in total. The number of aromatic nitrogens is 2. The number of hydrogen-bond acceptors (Lipinski definition) is 4. The molecule has 1 aromatic heterocycles. The Labute approximate surface area is 159 Å². The molecule has 0 aliphatic rings. The minimum atomic E-state index is -0.455. The van der Waals surface area contributed by atoms with Crippen molar-refractivity contribution >= 4 is 35.0 Å². The fourth-order valence-corrected chi connectivity index (χ4v) is 3.28. The standard InChI is InChI=1S/C19H16ClN3O2S/c1-12(18(25)21-15-9-5-8-14(20)10-15)26-19-22-16(11-17(24)23-19)13-6-3-2-4-7-13/h2-12H,1H3,(H,21,25)(H,22,23,24)/t12-/m0/s1. The summed E-state index contributed by atoms with van der Waals surface area (Å²) in [6, 6.07) is 17.8. The molecule has 0 radical (unpaired) electrons. The van der Waals surface area contributed by atoms with Gasteiger partial charge < -0.3 is 10.3 Å². The second kappa shape index (κ2) is 8.21. The van der Waals surface area contributed by atoms with Crippen LogP contribution < -0.4 is 10.9 Å². The highest BCUT2D eigenvalue weighted by atomic mass is 35.5. The fourth-order valence-electron chi connectivity index (χ4n) is 2.28. The molecule has 1 heterocycles. The van der Waals surface area contributed by atoms with Gasteiger partial charge in [0.05, 0.1) is 10.9 Å². The van der Waals surface area contributed by atoms with E-state index in [2.05, 4.69) is 15.3 Å². The Kier molecular flexibility index (Phi) is 5.75. The molecular weight excluding hydrogens is 370 g/mol. The molecule has 3 rings (SSSR count). The number of carbonyl (C=O) groups is 1. The quantitative estimate of drug-likeness (QED) is 0.509. The van der Waals surface area contributed by atoms with Crippen LogP contribution in [0.25, 0.3) is 11.3 Å². The number of carbonyl (C=O) groups excluding carboxylic acids is 1. The number of anilines is 1. The van der Waals surface area contributed by atoms with E-state index in [9.17, 15) is 9.59 Å². The van der Waals surface area contributed by atoms with E-state index in [1.807, 2.05) is 30.3 Å². The topological polar surface area (TPSA) is 74.8 Å². The number of amides is 1. The zero-order valence-corrected chi connectivity index (χ0v) is 15.5. The molecule has 0 saturated heterocycles. The molecule has 26 heavy (non-hydrogen) atoms. The Morgan fingerprint density at radius 2 is 1.92 bits per heavy atom. The first kappa shape index (κ1) is 18.2. The van der Waals surface area contributed by atoms with Crippen molar-refractivity contribution in [3.05, 3.63) is 76.0 Å². The van der Waals surface area contributed by atoms with Crippen LogP contribution in [-0.2, 0) is 4.79 Å². The lowest BCUT2D eigenvalue weighted by atomic mass is 10.1. The third-order valence-electron chi connectivity index (χ3n) is 3.54. The molecule has 2 aromatic carbocycles. The summed E-state index contributed by atoms with van der Waals surface area (Å²) in [6.45, 7) is 1.75. The summed E-state index contributed by atoms with van der Waals surface area (Å²) in [5, 5.41) is 3.28. The van der Waals surface area contributed by atoms with Crippen molar-refractivity contribution in [1.82, 2.24) is 9.97 Å². The molecule has 3 aromatic rings. The number of nitrogens with zero attached hydrogens (tertiary/aromatic N) is 1. The summed E-state index contributed by atoms with van der Waals surface area (Å²) in [7, 11) is 0. The summed E-state index contributed by atoms with van der Waals surface area (Å²) in [5.74, 6) is -0.204. The molecule has 0 aliphatic carbocycles. The van der Waals surface area contributed by atoms with Crippen LogP contribution in [0.15, 0.2) is 70.6 Å². The molecule has 5 nitrogen and oxygen atoms in total. The van der Waals surface area contributed by atoms with Gasteiger partial charge >= 0.3 is 0 Å². The normalized spacial score (nSPS) is 11.8. The molecule has 7 heteroatoms. The van der Waals surface area contributed by atoms with Gasteiger partial charge in [-0.25, -0.2) is 4.98 Å². The summed E-state index contributed by atoms with van der Waals surface area (Å²) in [5.41, 5.74) is 1.77. The number of aromatic amines is 1. The Morgan fingerprint density at radius 1 is 1.15 bits per heavy atom. The van der Waals surface area contributed by atoms with Crippen LogP contribution in [0, 0.1) is 0 Å². The zero-order chi connectivity index (χ0) is 18.5. The van der Waals surface area contributed by atoms with E-state index in [1.54, 1.807) is 31.2 Å². The predicted octanol–water partition coefficient (Wildman–Crippen LogP) is 4.21. The number of nitrogens with one attached hydrogen (secondary N) is 2. The molecule has 132 valence electrons. The van der Waals surface area contributed by atoms with E-state index in [-0.39, 0.29) is 11.5 Å². The van der Waals surface area contributed by atoms with Gasteiger partial charge in [0, 0.05) is 22.3 Å². The largest absolute Gasteiger partial charge is 0.325 e. The van der Waals surface area contributed by atoms with Gasteiger partial charge in [-0.05, 0) is 25.1 Å². The highest BCUT2D eigenvalue weighted by molar-refractivity contribution is 8.00. The average Bonchev–Trinajstić information content (AvgIpc) is 2.62. The lowest BCUT2D eigenvalue weighted by Gasteiger charge is -2.12. The van der Waals surface area contributed by atoms with E-state index < -0.39 is 5.25 Å². The summed E-state index contributed by atoms with van der Waals surface area (Å²) in [6.07, 6.45) is 0. The number of benzene rings is 2. The smallest absolute Gasteiger partial charge is 0.252 e. The van der Waals surface area contributed by atoms with Gasteiger partial charge in [0.2, 0.25) is 5.91 Å². The van der Waals surface area contributed by atoms with Crippen LogP contribution in [0.2, 0.25) is 5.02 Å². The van der Waals surface area contributed by atoms with Gasteiger partial charge in [0.15, 0.2) is 5.16 Å². The monoisotopic (exact) mass is 385 g/mol. The van der Waals surface area contributed by atoms with Crippen LogP contribution in [0.3, 0.4) is 0 Å². The van der Waals surface area contributed by atoms with Crippen LogP contribution in [-0.4, -0.2) is 21.1 Å². The van der Waals surface area contributed by atoms with E-state index in [0.29, 0.717) is 21.6 Å². The fraction of sp³-hybridized carbons (Fsp3) is 0.105. The Balaban J connectivity index is 1.74. The van der Waals surface area contributed by atoms with Crippen LogP contribution in [0.1, 0.15) is 6.92 Å². The van der Waals surface area contributed by atoms with Gasteiger partial charge in [-0.2, -0.15) is 0 Å². The molecule has 1 atom stereocenters. The van der Waals surface area contributed by atoms with E-state index in [1.165, 1.54) is 17.8 Å². The molecule has 1 amide bonds. The molecular formula is C19H16ClN3O2S. The van der Waals surface area contributed by atoms with Crippen LogP contribution in [0.4, 0.5) is 5.69 Å². The first-order chi connectivity index (χ1) is 12.5. The van der Waals surface area contributed by atoms with Crippen molar-refractivity contribution in [2.45, 2.75) is 17.3 Å². The first-order valence-electron chi connectivity index (χ1n) is 7.91. The maximum atomic E-state index is 12.4. The van der Waals surface area contributed by atoms with E-state index in [0.717, 1.165) is 5.56 Å². The molecule has 0 spiro atoms. The lowest BCUT2D eigenvalue weighted by molar-refractivity contribution is -0.115. The Morgan fingerprint density at radius 3 is 2.65 bits per heavy atom. The molecule has 0 unspecified atom stereocenters. The molecule has 0 aliphatic heterocycles. The van der Waals surface area contributed by atoms with Gasteiger partial charge in [-0.1, -0.05) is 59.8 Å². The van der Waals surface area contributed by atoms with Gasteiger partial charge in [0.1, 0.15) is 0 Å². The number of hydrogen-bond donors (Lipinski definition) is 2. The van der Waals surface area contributed by atoms with Gasteiger partial charge in [0.25, 0.3) is 5.56 Å². The van der Waals surface area contributed by atoms with Crippen molar-refractivity contribution in [3.63, 3.8) is 0 Å². The zero-order valence-electron chi connectivity index (χ0n) is 13.9. The highest BCUT2D eigenvalue weighted by Crippen LogP contribution is 2.23. The number of rotatable bonds is 5. The van der Waals surface area contributed by atoms with Crippen molar-refractivity contribution in [2.24, 2.45) is 0 Å². The molecule has 0 fully saturated rings. The minimum Gasteiger partial charge on any atom is -0.325 e. The Bertz CT molecular complexity index is 976. The SMILES string of the molecule is C[C@H](Sc1nc(-c2ccccc2)cc(=O)[nH]1)C(=O)Nc1cccc(Cl)c1.